The number of para-hydroxylation sites is 3. The van der Waals surface area contributed by atoms with Gasteiger partial charge in [-0.2, -0.15) is 0 Å². The van der Waals surface area contributed by atoms with Crippen LogP contribution in [0.3, 0.4) is 0 Å². The van der Waals surface area contributed by atoms with Gasteiger partial charge in [0, 0.05) is 32.7 Å². The Kier molecular flexibility index (Phi) is 11.6. The van der Waals surface area contributed by atoms with Gasteiger partial charge in [-0.3, -0.25) is 4.57 Å². The maximum atomic E-state index is 6.43. The van der Waals surface area contributed by atoms with Crippen LogP contribution >= 0.6 is 11.6 Å². The molecule has 14 aromatic carbocycles. The monoisotopic (exact) mass is 1080 g/mol. The second kappa shape index (κ2) is 19.9. The molecule has 0 fully saturated rings. The van der Waals surface area contributed by atoms with Crippen molar-refractivity contribution in [2.24, 2.45) is 0 Å². The lowest BCUT2D eigenvalue weighted by Gasteiger charge is -2.14. The van der Waals surface area contributed by atoms with Crippen LogP contribution in [0, 0.1) is 0 Å². The van der Waals surface area contributed by atoms with Crippen molar-refractivity contribution in [3.05, 3.63) is 295 Å². The van der Waals surface area contributed by atoms with E-state index in [1.807, 2.05) is 30.3 Å². The number of aromatic nitrogens is 5. The number of hydrogen-bond acceptors (Lipinski definition) is 4. The highest BCUT2D eigenvalue weighted by molar-refractivity contribution is 6.34. The minimum Gasteiger partial charge on any atom is -0.293 e. The molecule has 17 aromatic rings. The Morgan fingerprint density at radius 2 is 0.699 bits per heavy atom. The molecule has 0 spiro atoms. The predicted molar refractivity (Wildman–Crippen MR) is 349 cm³/mol. The molecule has 1 aliphatic carbocycles. The number of nitrogens with zero attached hydrogens (tertiary/aromatic N) is 5. The summed E-state index contributed by atoms with van der Waals surface area (Å²) in [6.45, 7) is 0. The summed E-state index contributed by atoms with van der Waals surface area (Å²) in [5.41, 5.74) is 11.8. The quantitative estimate of drug-likeness (QED) is 0.131. The van der Waals surface area contributed by atoms with Gasteiger partial charge < -0.3 is 0 Å². The first-order chi connectivity index (χ1) is 41.1. The molecule has 83 heavy (non-hydrogen) atoms. The Balaban J connectivity index is 0.000000114. The molecular formula is C77H48ClN5. The predicted octanol–water partition coefficient (Wildman–Crippen LogP) is 20.5. The molecule has 0 aliphatic heterocycles. The Bertz CT molecular complexity index is 5470. The Hall–Kier alpha value is -10.6. The smallest absolute Gasteiger partial charge is 0.162 e. The van der Waals surface area contributed by atoms with Gasteiger partial charge in [0.05, 0.1) is 22.1 Å². The highest BCUT2D eigenvalue weighted by atomic mass is 35.5. The normalized spacial score (nSPS) is 11.9. The fourth-order valence-corrected chi connectivity index (χ4v) is 12.9. The third kappa shape index (κ3) is 8.31. The lowest BCUT2D eigenvalue weighted by Crippen LogP contribution is -2.03. The summed E-state index contributed by atoms with van der Waals surface area (Å²) in [5.74, 6) is 2.28. The Labute approximate surface area is 483 Å². The van der Waals surface area contributed by atoms with Gasteiger partial charge in [-0.05, 0) is 154 Å². The van der Waals surface area contributed by atoms with Crippen molar-refractivity contribution < 1.29 is 0 Å². The van der Waals surface area contributed by atoms with Crippen molar-refractivity contribution >= 4 is 120 Å². The van der Waals surface area contributed by atoms with Gasteiger partial charge in [0.2, 0.25) is 0 Å². The summed E-state index contributed by atoms with van der Waals surface area (Å²) < 4.78 is 2.33. The van der Waals surface area contributed by atoms with Crippen LogP contribution in [-0.2, 0) is 6.42 Å². The molecule has 0 N–H and O–H groups in total. The molecule has 6 heteroatoms. The van der Waals surface area contributed by atoms with E-state index < -0.39 is 0 Å². The van der Waals surface area contributed by atoms with E-state index in [1.54, 1.807) is 0 Å². The summed E-state index contributed by atoms with van der Waals surface area (Å²) in [7, 11) is 0. The van der Waals surface area contributed by atoms with Crippen LogP contribution in [0.4, 0.5) is 0 Å². The number of halogens is 1. The first-order valence-electron chi connectivity index (χ1n) is 28.1. The van der Waals surface area contributed by atoms with Gasteiger partial charge in [0.25, 0.3) is 0 Å². The second-order valence-electron chi connectivity index (χ2n) is 21.4. The molecule has 0 bridgehead atoms. The number of rotatable bonds is 3. The van der Waals surface area contributed by atoms with E-state index in [1.165, 1.54) is 86.9 Å². The molecule has 3 heterocycles. The molecule has 0 atom stereocenters. The first kappa shape index (κ1) is 48.3. The average molecular weight is 1080 g/mol. The minimum absolute atomic E-state index is 0.484. The number of fused-ring (bicyclic) bond motifs is 16. The van der Waals surface area contributed by atoms with E-state index in [0.29, 0.717) is 11.0 Å². The zero-order valence-corrected chi connectivity index (χ0v) is 45.6. The standard InChI is InChI=1S/C38H23N3.C22H13ClN2.C17H12/c1-2-12-25-23-36-32(21-24(25)11-1)30-17-8-10-20-35(30)41(36)38-31-18-7-9-19-34(31)39-37(40-38)33-22-26-13-3-4-14-27(26)28-15-5-6-16-29(28)33;23-21-18-11-5-6-12-20(18)24-22(25-21)19-13-14-7-1-2-8-15(14)16-9-3-4-10-17(16)19;1-2-6-13-11-17-15(9-12(13)5-1)10-14-7-3-4-8-16(14)17/h1-23H;1-13H;1-9,11H,10H2. The van der Waals surface area contributed by atoms with Crippen molar-refractivity contribution in [2.75, 3.05) is 0 Å². The topological polar surface area (TPSA) is 56.5 Å². The van der Waals surface area contributed by atoms with E-state index in [9.17, 15) is 0 Å². The SMILES string of the molecule is Clc1nc(-c2cc3ccccc3c3ccccc23)nc2ccccc12.c1ccc2c(c1)Cc1cc3ccccc3cc1-2.c1ccc2cc3c(cc2c1)c1ccccc1n3-c1nc(-c2cc3ccccc3c3ccccc23)nc2ccccc12. The van der Waals surface area contributed by atoms with E-state index in [0.717, 1.165) is 72.8 Å². The van der Waals surface area contributed by atoms with E-state index in [-0.39, 0.29) is 0 Å². The molecule has 388 valence electrons. The third-order valence-corrected chi connectivity index (χ3v) is 16.9. The van der Waals surface area contributed by atoms with E-state index >= 15 is 0 Å². The molecular weight excluding hydrogens is 1030 g/mol. The van der Waals surface area contributed by atoms with Gasteiger partial charge in [0.1, 0.15) is 11.0 Å². The molecule has 1 aliphatic rings. The zero-order valence-electron chi connectivity index (χ0n) is 44.9. The van der Waals surface area contributed by atoms with Crippen molar-refractivity contribution in [1.29, 1.82) is 0 Å². The van der Waals surface area contributed by atoms with Gasteiger partial charge in [0.15, 0.2) is 11.6 Å². The summed E-state index contributed by atoms with van der Waals surface area (Å²) in [6, 6.07) is 98.3. The average Bonchev–Trinajstić information content (AvgIpc) is 2.52. The number of hydrogen-bond donors (Lipinski definition) is 0. The van der Waals surface area contributed by atoms with Gasteiger partial charge in [-0.15, -0.1) is 0 Å². The van der Waals surface area contributed by atoms with Crippen LogP contribution in [0.1, 0.15) is 11.1 Å². The summed E-state index contributed by atoms with van der Waals surface area (Å²) in [5, 5.41) is 19.5. The molecule has 3 aromatic heterocycles. The minimum atomic E-state index is 0.484. The van der Waals surface area contributed by atoms with Crippen LogP contribution in [-0.4, -0.2) is 24.5 Å². The highest BCUT2D eigenvalue weighted by Gasteiger charge is 2.21. The molecule has 5 nitrogen and oxygen atoms in total. The Morgan fingerprint density at radius 1 is 0.265 bits per heavy atom. The third-order valence-electron chi connectivity index (χ3n) is 16.6. The van der Waals surface area contributed by atoms with Gasteiger partial charge in [-0.1, -0.05) is 230 Å². The summed E-state index contributed by atoms with van der Waals surface area (Å²) in [4.78, 5) is 19.9. The van der Waals surface area contributed by atoms with E-state index in [2.05, 4.69) is 258 Å². The van der Waals surface area contributed by atoms with Gasteiger partial charge in [-0.25, -0.2) is 19.9 Å². The summed E-state index contributed by atoms with van der Waals surface area (Å²) >= 11 is 6.43. The first-order valence-corrected chi connectivity index (χ1v) is 28.5. The maximum absolute atomic E-state index is 6.43. The van der Waals surface area contributed by atoms with Crippen LogP contribution in [0.15, 0.2) is 279 Å². The second-order valence-corrected chi connectivity index (χ2v) is 21.7. The van der Waals surface area contributed by atoms with Crippen LogP contribution in [0.2, 0.25) is 5.15 Å². The van der Waals surface area contributed by atoms with Crippen LogP contribution in [0.25, 0.3) is 148 Å². The van der Waals surface area contributed by atoms with Crippen molar-refractivity contribution in [2.45, 2.75) is 6.42 Å². The lowest BCUT2D eigenvalue weighted by atomic mass is 9.97. The fourth-order valence-electron chi connectivity index (χ4n) is 12.7. The molecule has 18 rings (SSSR count). The van der Waals surface area contributed by atoms with Crippen LogP contribution in [0.5, 0.6) is 0 Å². The van der Waals surface area contributed by atoms with Crippen molar-refractivity contribution in [1.82, 2.24) is 24.5 Å². The summed E-state index contributed by atoms with van der Waals surface area (Å²) in [6.07, 6.45) is 1.08. The van der Waals surface area contributed by atoms with Crippen LogP contribution < -0.4 is 0 Å². The van der Waals surface area contributed by atoms with E-state index in [4.69, 9.17) is 26.6 Å². The highest BCUT2D eigenvalue weighted by Crippen LogP contribution is 2.41. The number of benzene rings is 14. The fraction of sp³-hybridized carbons (Fsp3) is 0.0130. The molecule has 0 saturated heterocycles. The zero-order chi connectivity index (χ0) is 55.0. The largest absolute Gasteiger partial charge is 0.293 e. The molecule has 0 unspecified atom stereocenters. The Morgan fingerprint density at radius 3 is 1.34 bits per heavy atom. The molecule has 0 saturated carbocycles. The van der Waals surface area contributed by atoms with Crippen molar-refractivity contribution in [3.63, 3.8) is 0 Å². The maximum Gasteiger partial charge on any atom is 0.162 e. The molecule has 0 amide bonds. The van der Waals surface area contributed by atoms with Crippen molar-refractivity contribution in [3.8, 4) is 39.7 Å². The molecule has 0 radical (unpaired) electrons. The van der Waals surface area contributed by atoms with Gasteiger partial charge >= 0.3 is 0 Å². The lowest BCUT2D eigenvalue weighted by molar-refractivity contribution is 1.08.